The molecule has 3 aliphatic rings. The molecule has 1 saturated carbocycles. The number of hydrogen-bond acceptors (Lipinski definition) is 2. The molecule has 2 heterocycles. The molecule has 2 nitrogen and oxygen atoms in total. The van der Waals surface area contributed by atoms with E-state index in [-0.39, 0.29) is 0 Å². The van der Waals surface area contributed by atoms with Crippen LogP contribution in [0.25, 0.3) is 0 Å². The average molecular weight is 222 g/mol. The molecule has 0 aromatic heterocycles. The van der Waals surface area contributed by atoms with Gasteiger partial charge in [0.1, 0.15) is 0 Å². The Labute approximate surface area is 99.8 Å². The number of nitrogens with zero attached hydrogens (tertiary/aromatic N) is 1. The van der Waals surface area contributed by atoms with Crippen molar-refractivity contribution in [1.82, 2.24) is 10.2 Å². The van der Waals surface area contributed by atoms with Gasteiger partial charge in [-0.15, -0.1) is 0 Å². The van der Waals surface area contributed by atoms with E-state index >= 15 is 0 Å². The van der Waals surface area contributed by atoms with Gasteiger partial charge in [0.15, 0.2) is 0 Å². The Hall–Kier alpha value is -0.0800. The molecule has 0 aromatic carbocycles. The van der Waals surface area contributed by atoms with Crippen molar-refractivity contribution in [1.29, 1.82) is 0 Å². The monoisotopic (exact) mass is 222 g/mol. The summed E-state index contributed by atoms with van der Waals surface area (Å²) in [5.74, 6) is 2.04. The van der Waals surface area contributed by atoms with Gasteiger partial charge in [-0.1, -0.05) is 25.7 Å². The lowest BCUT2D eigenvalue weighted by molar-refractivity contribution is 0.154. The molecule has 2 unspecified atom stereocenters. The van der Waals surface area contributed by atoms with Crippen LogP contribution in [0.5, 0.6) is 0 Å². The van der Waals surface area contributed by atoms with Crippen molar-refractivity contribution in [2.45, 2.75) is 51.0 Å². The van der Waals surface area contributed by atoms with Crippen LogP contribution in [0, 0.1) is 11.8 Å². The van der Waals surface area contributed by atoms with E-state index in [1.165, 1.54) is 71.1 Å². The molecule has 92 valence electrons. The van der Waals surface area contributed by atoms with Gasteiger partial charge in [-0.25, -0.2) is 0 Å². The summed E-state index contributed by atoms with van der Waals surface area (Å²) >= 11 is 0. The number of likely N-dealkylation sites (tertiary alicyclic amines) is 1. The molecule has 0 bridgehead atoms. The van der Waals surface area contributed by atoms with Crippen LogP contribution in [-0.4, -0.2) is 37.1 Å². The zero-order chi connectivity index (χ0) is 10.8. The third kappa shape index (κ3) is 2.43. The molecule has 1 N–H and O–H groups in total. The SMILES string of the molecule is C1CCC(CCN2CCC3NCCC3C2)C1. The van der Waals surface area contributed by atoms with Gasteiger partial charge >= 0.3 is 0 Å². The molecule has 2 atom stereocenters. The van der Waals surface area contributed by atoms with Gasteiger partial charge < -0.3 is 10.2 Å². The predicted octanol–water partition coefficient (Wildman–Crippen LogP) is 2.25. The Morgan fingerprint density at radius 2 is 1.94 bits per heavy atom. The fraction of sp³-hybridized carbons (Fsp3) is 1.00. The predicted molar refractivity (Wildman–Crippen MR) is 67.5 cm³/mol. The minimum atomic E-state index is 0.864. The molecule has 2 saturated heterocycles. The maximum absolute atomic E-state index is 3.65. The highest BCUT2D eigenvalue weighted by atomic mass is 15.2. The Balaban J connectivity index is 1.42. The van der Waals surface area contributed by atoms with Crippen LogP contribution in [0.2, 0.25) is 0 Å². The molecule has 3 fully saturated rings. The summed E-state index contributed by atoms with van der Waals surface area (Å²) in [6, 6.07) is 0.864. The summed E-state index contributed by atoms with van der Waals surface area (Å²) in [6.07, 6.45) is 10.3. The van der Waals surface area contributed by atoms with Crippen molar-refractivity contribution >= 4 is 0 Å². The first-order chi connectivity index (χ1) is 7.92. The molecule has 2 aliphatic heterocycles. The molecule has 2 heteroatoms. The first-order valence-electron chi connectivity index (χ1n) is 7.37. The standard InChI is InChI=1S/C14H26N2/c1-2-4-12(3-1)6-9-16-10-7-14-13(11-16)5-8-15-14/h12-15H,1-11H2. The Morgan fingerprint density at radius 3 is 2.81 bits per heavy atom. The molecule has 16 heavy (non-hydrogen) atoms. The van der Waals surface area contributed by atoms with Crippen LogP contribution in [0.15, 0.2) is 0 Å². The molecule has 0 aromatic rings. The molecule has 1 aliphatic carbocycles. The van der Waals surface area contributed by atoms with Crippen molar-refractivity contribution < 1.29 is 0 Å². The van der Waals surface area contributed by atoms with Gasteiger partial charge in [0.25, 0.3) is 0 Å². The van der Waals surface area contributed by atoms with Gasteiger partial charge in [-0.2, -0.15) is 0 Å². The second-order valence-electron chi connectivity index (χ2n) is 6.14. The minimum Gasteiger partial charge on any atom is -0.314 e. The van der Waals surface area contributed by atoms with E-state index in [0.29, 0.717) is 0 Å². The summed E-state index contributed by atoms with van der Waals surface area (Å²) in [5, 5.41) is 3.65. The lowest BCUT2D eigenvalue weighted by Gasteiger charge is -2.35. The van der Waals surface area contributed by atoms with Gasteiger partial charge in [-0.05, 0) is 50.7 Å². The highest BCUT2D eigenvalue weighted by Crippen LogP contribution is 2.29. The second-order valence-corrected chi connectivity index (χ2v) is 6.14. The van der Waals surface area contributed by atoms with Gasteiger partial charge in [0.05, 0.1) is 0 Å². The van der Waals surface area contributed by atoms with Crippen molar-refractivity contribution in [3.63, 3.8) is 0 Å². The highest BCUT2D eigenvalue weighted by molar-refractivity contribution is 4.90. The van der Waals surface area contributed by atoms with Crippen LogP contribution >= 0.6 is 0 Å². The Morgan fingerprint density at radius 1 is 1.06 bits per heavy atom. The quantitative estimate of drug-likeness (QED) is 0.788. The van der Waals surface area contributed by atoms with E-state index in [1.54, 1.807) is 0 Å². The Bertz CT molecular complexity index is 223. The molecule has 0 spiro atoms. The number of hydrogen-bond donors (Lipinski definition) is 1. The lowest BCUT2D eigenvalue weighted by atomic mass is 9.93. The zero-order valence-corrected chi connectivity index (χ0v) is 10.5. The van der Waals surface area contributed by atoms with Gasteiger partial charge in [0.2, 0.25) is 0 Å². The molecular formula is C14H26N2. The largest absolute Gasteiger partial charge is 0.314 e. The summed E-state index contributed by atoms with van der Waals surface area (Å²) in [6.45, 7) is 5.38. The fourth-order valence-corrected chi connectivity index (χ4v) is 3.99. The smallest absolute Gasteiger partial charge is 0.0120 e. The highest BCUT2D eigenvalue weighted by Gasteiger charge is 2.32. The first kappa shape index (κ1) is 11.0. The number of fused-ring (bicyclic) bond motifs is 1. The van der Waals surface area contributed by atoms with Crippen molar-refractivity contribution in [3.8, 4) is 0 Å². The summed E-state index contributed by atoms with van der Waals surface area (Å²) in [4.78, 5) is 2.74. The van der Waals surface area contributed by atoms with Gasteiger partial charge in [-0.3, -0.25) is 0 Å². The topological polar surface area (TPSA) is 15.3 Å². The van der Waals surface area contributed by atoms with Crippen LogP contribution in [0.4, 0.5) is 0 Å². The van der Waals surface area contributed by atoms with Gasteiger partial charge in [0, 0.05) is 12.6 Å². The van der Waals surface area contributed by atoms with E-state index in [9.17, 15) is 0 Å². The van der Waals surface area contributed by atoms with Crippen LogP contribution < -0.4 is 5.32 Å². The molecule has 0 amide bonds. The maximum atomic E-state index is 3.65. The maximum Gasteiger partial charge on any atom is 0.0120 e. The van der Waals surface area contributed by atoms with Crippen LogP contribution in [0.3, 0.4) is 0 Å². The third-order valence-electron chi connectivity index (χ3n) is 5.07. The van der Waals surface area contributed by atoms with Crippen LogP contribution in [0.1, 0.15) is 44.9 Å². The number of nitrogens with one attached hydrogen (secondary N) is 1. The second kappa shape index (κ2) is 5.05. The molecule has 3 rings (SSSR count). The van der Waals surface area contributed by atoms with E-state index in [0.717, 1.165) is 17.9 Å². The third-order valence-corrected chi connectivity index (χ3v) is 5.07. The molecule has 0 radical (unpaired) electrons. The van der Waals surface area contributed by atoms with Crippen LogP contribution in [-0.2, 0) is 0 Å². The van der Waals surface area contributed by atoms with Crippen molar-refractivity contribution in [2.75, 3.05) is 26.2 Å². The van der Waals surface area contributed by atoms with E-state index < -0.39 is 0 Å². The zero-order valence-electron chi connectivity index (χ0n) is 10.5. The number of rotatable bonds is 3. The number of piperidine rings is 1. The average Bonchev–Trinajstić information content (AvgIpc) is 2.97. The lowest BCUT2D eigenvalue weighted by Crippen LogP contribution is -2.44. The summed E-state index contributed by atoms with van der Waals surface area (Å²) in [7, 11) is 0. The molecular weight excluding hydrogens is 196 g/mol. The van der Waals surface area contributed by atoms with E-state index in [1.807, 2.05) is 0 Å². The Kier molecular flexibility index (Phi) is 3.49. The fourth-order valence-electron chi connectivity index (χ4n) is 3.99. The van der Waals surface area contributed by atoms with E-state index in [4.69, 9.17) is 0 Å². The summed E-state index contributed by atoms with van der Waals surface area (Å²) < 4.78 is 0. The summed E-state index contributed by atoms with van der Waals surface area (Å²) in [5.41, 5.74) is 0. The van der Waals surface area contributed by atoms with Crippen molar-refractivity contribution in [3.05, 3.63) is 0 Å². The van der Waals surface area contributed by atoms with E-state index in [2.05, 4.69) is 10.2 Å². The normalized spacial score (nSPS) is 36.8. The minimum absolute atomic E-state index is 0.864. The van der Waals surface area contributed by atoms with Crippen molar-refractivity contribution in [2.24, 2.45) is 11.8 Å². The first-order valence-corrected chi connectivity index (χ1v) is 7.37.